The van der Waals surface area contributed by atoms with Crippen LogP contribution in [0.5, 0.6) is 5.75 Å². The number of hydrogen-bond donors (Lipinski definition) is 2. The molecule has 0 unspecified atom stereocenters. The highest BCUT2D eigenvalue weighted by Gasteiger charge is 2.51. The number of nitrogens with one attached hydrogen (secondary N) is 1. The zero-order chi connectivity index (χ0) is 31.9. The quantitative estimate of drug-likeness (QED) is 0.383. The fourth-order valence-corrected chi connectivity index (χ4v) is 6.70. The third kappa shape index (κ3) is 6.21. The van der Waals surface area contributed by atoms with E-state index in [9.17, 15) is 19.5 Å². The molecule has 234 valence electrons. The number of alkyl halides is 1. The van der Waals surface area contributed by atoms with Crippen LogP contribution >= 0.6 is 11.3 Å². The maximum absolute atomic E-state index is 15.4. The SMILES string of the molecule is Cc1ncsc1-c1ccc(CNC(=O)[C@@H]2[C@@H](F)[C@@H](O)CN2C(=O)[C@H](C(C)C)N2Cc3ccccc3C2=O)c(OC(C)(C)C)c1. The second kappa shape index (κ2) is 12.3. The van der Waals surface area contributed by atoms with Crippen molar-refractivity contribution in [1.29, 1.82) is 0 Å². The molecule has 44 heavy (non-hydrogen) atoms. The molecule has 2 aliphatic rings. The second-order valence-corrected chi connectivity index (χ2v) is 13.6. The van der Waals surface area contributed by atoms with Crippen LogP contribution in [0.1, 0.15) is 61.8 Å². The van der Waals surface area contributed by atoms with Crippen molar-refractivity contribution < 1.29 is 28.6 Å². The van der Waals surface area contributed by atoms with Crippen LogP contribution in [0.3, 0.4) is 0 Å². The lowest BCUT2D eigenvalue weighted by molar-refractivity contribution is -0.144. The number of likely N-dealkylation sites (tertiary alicyclic amines) is 1. The lowest BCUT2D eigenvalue weighted by Gasteiger charge is -2.35. The standard InChI is InChI=1S/C33H39FN4O5S/c1-18(2)27(37-15-22-9-7-8-10-23(22)31(37)41)32(42)38-16-24(39)26(34)28(38)30(40)35-14-21-12-11-20(29-19(3)36-17-44-29)13-25(21)43-33(4,5)6/h7-13,17-18,24,26-28,39H,14-16H2,1-6H3,(H,35,40)/t24-,26-,27-,28-/m0/s1. The van der Waals surface area contributed by atoms with Gasteiger partial charge in [0.05, 0.1) is 22.6 Å². The molecular formula is C33H39FN4O5S. The number of aliphatic hydroxyl groups excluding tert-OH is 1. The minimum Gasteiger partial charge on any atom is -0.488 e. The first-order valence-corrected chi connectivity index (χ1v) is 15.7. The topological polar surface area (TPSA) is 112 Å². The number of nitrogens with zero attached hydrogens (tertiary/aromatic N) is 3. The predicted octanol–water partition coefficient (Wildman–Crippen LogP) is 4.50. The molecule has 1 saturated heterocycles. The van der Waals surface area contributed by atoms with Gasteiger partial charge < -0.3 is 25.0 Å². The van der Waals surface area contributed by atoms with Gasteiger partial charge in [-0.1, -0.05) is 44.2 Å². The zero-order valence-electron chi connectivity index (χ0n) is 25.8. The number of β-amino-alcohol motifs (C(OH)–C–C–N with tert-alkyl or cyclic N) is 1. The molecule has 0 saturated carbocycles. The van der Waals surface area contributed by atoms with Gasteiger partial charge in [0.2, 0.25) is 11.8 Å². The van der Waals surface area contributed by atoms with Crippen molar-refractivity contribution >= 4 is 29.1 Å². The van der Waals surface area contributed by atoms with E-state index in [1.165, 1.54) is 16.2 Å². The maximum atomic E-state index is 15.4. The maximum Gasteiger partial charge on any atom is 0.255 e. The van der Waals surface area contributed by atoms with Gasteiger partial charge in [0, 0.05) is 24.2 Å². The third-order valence-corrected chi connectivity index (χ3v) is 8.93. The molecule has 0 radical (unpaired) electrons. The Labute approximate surface area is 261 Å². The van der Waals surface area contributed by atoms with Crippen molar-refractivity contribution in [3.05, 3.63) is 70.4 Å². The normalized spacial score (nSPS) is 20.7. The summed E-state index contributed by atoms with van der Waals surface area (Å²) in [7, 11) is 0. The van der Waals surface area contributed by atoms with Gasteiger partial charge in [-0.2, -0.15) is 0 Å². The minimum absolute atomic E-state index is 0.0150. The molecule has 4 atom stereocenters. The van der Waals surface area contributed by atoms with Gasteiger partial charge >= 0.3 is 0 Å². The van der Waals surface area contributed by atoms with Crippen LogP contribution in [-0.2, 0) is 22.7 Å². The number of carbonyl (C=O) groups excluding carboxylic acids is 3. The summed E-state index contributed by atoms with van der Waals surface area (Å²) < 4.78 is 21.7. The smallest absolute Gasteiger partial charge is 0.255 e. The summed E-state index contributed by atoms with van der Waals surface area (Å²) in [6, 6.07) is 10.3. The van der Waals surface area contributed by atoms with E-state index in [0.29, 0.717) is 16.9 Å². The molecule has 9 nitrogen and oxygen atoms in total. The molecule has 2 N–H and O–H groups in total. The van der Waals surface area contributed by atoms with E-state index in [2.05, 4.69) is 10.3 Å². The van der Waals surface area contributed by atoms with Crippen molar-refractivity contribution in [2.45, 2.75) is 84.6 Å². The van der Waals surface area contributed by atoms with Crippen molar-refractivity contribution in [2.24, 2.45) is 5.92 Å². The van der Waals surface area contributed by atoms with E-state index in [4.69, 9.17) is 4.74 Å². The number of carbonyl (C=O) groups is 3. The van der Waals surface area contributed by atoms with Crippen molar-refractivity contribution in [3.8, 4) is 16.2 Å². The third-order valence-electron chi connectivity index (χ3n) is 7.95. The molecular weight excluding hydrogens is 583 g/mol. The first-order chi connectivity index (χ1) is 20.8. The first-order valence-electron chi connectivity index (χ1n) is 14.8. The molecule has 3 aromatic rings. The first kappa shape index (κ1) is 31.6. The lowest BCUT2D eigenvalue weighted by Crippen LogP contribution is -2.56. The Kier molecular flexibility index (Phi) is 8.82. The summed E-state index contributed by atoms with van der Waals surface area (Å²) in [6.07, 6.45) is -3.52. The van der Waals surface area contributed by atoms with Crippen molar-refractivity contribution in [3.63, 3.8) is 0 Å². The number of aromatic nitrogens is 1. The molecule has 0 aliphatic carbocycles. The number of halogens is 1. The Morgan fingerprint density at radius 3 is 2.57 bits per heavy atom. The van der Waals surface area contributed by atoms with Crippen LogP contribution in [0.15, 0.2) is 48.0 Å². The Morgan fingerprint density at radius 1 is 1.20 bits per heavy atom. The molecule has 3 amide bonds. The fourth-order valence-electron chi connectivity index (χ4n) is 5.89. The summed E-state index contributed by atoms with van der Waals surface area (Å²) in [5.41, 5.74) is 5.08. The summed E-state index contributed by atoms with van der Waals surface area (Å²) in [6.45, 7) is 11.2. The highest BCUT2D eigenvalue weighted by atomic mass is 32.1. The van der Waals surface area contributed by atoms with Gasteiger partial charge in [-0.25, -0.2) is 9.37 Å². The summed E-state index contributed by atoms with van der Waals surface area (Å²) in [5, 5.41) is 13.2. The van der Waals surface area contributed by atoms with E-state index in [-0.39, 0.29) is 31.5 Å². The van der Waals surface area contributed by atoms with Crippen LogP contribution in [0.2, 0.25) is 0 Å². The van der Waals surface area contributed by atoms with E-state index in [0.717, 1.165) is 26.6 Å². The zero-order valence-corrected chi connectivity index (χ0v) is 26.7. The molecule has 0 spiro atoms. The number of fused-ring (bicyclic) bond motifs is 1. The Morgan fingerprint density at radius 2 is 1.93 bits per heavy atom. The Bertz CT molecular complexity index is 1570. The van der Waals surface area contributed by atoms with Crippen LogP contribution in [0, 0.1) is 12.8 Å². The molecule has 1 fully saturated rings. The fraction of sp³-hybridized carbons (Fsp3) is 0.455. The minimum atomic E-state index is -1.99. The largest absolute Gasteiger partial charge is 0.488 e. The number of amides is 3. The van der Waals surface area contributed by atoms with Crippen molar-refractivity contribution in [1.82, 2.24) is 20.1 Å². The summed E-state index contributed by atoms with van der Waals surface area (Å²) in [4.78, 5) is 48.7. The average molecular weight is 623 g/mol. The predicted molar refractivity (Wildman–Crippen MR) is 166 cm³/mol. The van der Waals surface area contributed by atoms with E-state index in [1.54, 1.807) is 17.6 Å². The van der Waals surface area contributed by atoms with E-state index < -0.39 is 41.8 Å². The van der Waals surface area contributed by atoms with Crippen LogP contribution < -0.4 is 10.1 Å². The molecule has 1 aromatic heterocycles. The monoisotopic (exact) mass is 622 g/mol. The molecule has 5 rings (SSSR count). The molecule has 0 bridgehead atoms. The highest BCUT2D eigenvalue weighted by Crippen LogP contribution is 2.34. The summed E-state index contributed by atoms with van der Waals surface area (Å²) in [5.74, 6) is -1.34. The van der Waals surface area contributed by atoms with Crippen LogP contribution in [0.25, 0.3) is 10.4 Å². The van der Waals surface area contributed by atoms with Crippen LogP contribution in [0.4, 0.5) is 4.39 Å². The number of benzene rings is 2. The number of ether oxygens (including phenoxy) is 1. The highest BCUT2D eigenvalue weighted by molar-refractivity contribution is 7.13. The molecule has 2 aromatic carbocycles. The summed E-state index contributed by atoms with van der Waals surface area (Å²) >= 11 is 1.52. The number of aliphatic hydroxyl groups is 1. The van der Waals surface area contributed by atoms with Crippen LogP contribution in [-0.4, -0.2) is 74.1 Å². The average Bonchev–Trinajstić information content (AvgIpc) is 3.62. The van der Waals surface area contributed by atoms with Gasteiger partial charge in [-0.15, -0.1) is 11.3 Å². The van der Waals surface area contributed by atoms with Gasteiger partial charge in [0.15, 0.2) is 6.17 Å². The van der Waals surface area contributed by atoms with Crippen molar-refractivity contribution in [2.75, 3.05) is 6.54 Å². The van der Waals surface area contributed by atoms with E-state index >= 15 is 4.39 Å². The lowest BCUT2D eigenvalue weighted by atomic mass is 10.00. The second-order valence-electron chi connectivity index (χ2n) is 12.7. The number of hydrogen-bond acceptors (Lipinski definition) is 7. The van der Waals surface area contributed by atoms with E-state index in [1.807, 2.05) is 71.9 Å². The van der Waals surface area contributed by atoms with Gasteiger partial charge in [0.25, 0.3) is 5.91 Å². The van der Waals surface area contributed by atoms with Gasteiger partial charge in [0.1, 0.15) is 29.5 Å². The Balaban J connectivity index is 1.36. The Hall–Kier alpha value is -3.83. The molecule has 11 heteroatoms. The van der Waals surface area contributed by atoms with Gasteiger partial charge in [-0.3, -0.25) is 14.4 Å². The van der Waals surface area contributed by atoms with Gasteiger partial charge in [-0.05, 0) is 56.9 Å². The number of rotatable bonds is 8. The molecule has 3 heterocycles. The molecule has 2 aliphatic heterocycles. The number of aryl methyl sites for hydroxylation is 1. The number of thiazole rings is 1.